The largest absolute Gasteiger partial charge is 0.493 e. The molecule has 154 valence electrons. The first-order valence-corrected chi connectivity index (χ1v) is 9.10. The van der Waals surface area contributed by atoms with E-state index in [0.29, 0.717) is 6.61 Å². The van der Waals surface area contributed by atoms with Gasteiger partial charge >= 0.3 is 0 Å². The third-order valence-corrected chi connectivity index (χ3v) is 4.16. The van der Waals surface area contributed by atoms with Gasteiger partial charge in [-0.2, -0.15) is 0 Å². The van der Waals surface area contributed by atoms with Gasteiger partial charge in [0.25, 0.3) is 5.92 Å². The van der Waals surface area contributed by atoms with E-state index in [9.17, 15) is 22.0 Å². The molecule has 0 saturated carbocycles. The fourth-order valence-corrected chi connectivity index (χ4v) is 2.57. The summed E-state index contributed by atoms with van der Waals surface area (Å²) in [5.41, 5.74) is -0.437. The Hall–Kier alpha value is -2.31. The number of hydrogen-bond acceptors (Lipinski definition) is 2. The molecule has 2 aromatic rings. The molecule has 0 aromatic heterocycles. The predicted octanol–water partition coefficient (Wildman–Crippen LogP) is 6.24. The molecule has 0 aliphatic rings. The fourth-order valence-electron chi connectivity index (χ4n) is 2.57. The van der Waals surface area contributed by atoms with Crippen LogP contribution in [0.2, 0.25) is 0 Å². The highest BCUT2D eigenvalue weighted by atomic mass is 19.3. The third kappa shape index (κ3) is 6.11. The van der Waals surface area contributed by atoms with Gasteiger partial charge in [-0.05, 0) is 36.6 Å². The van der Waals surface area contributed by atoms with E-state index in [-0.39, 0.29) is 17.1 Å². The average molecular weight is 402 g/mol. The number of rotatable bonds is 10. The molecule has 2 aromatic carbocycles. The maximum atomic E-state index is 14.1. The highest BCUT2D eigenvalue weighted by Crippen LogP contribution is 2.28. The van der Waals surface area contributed by atoms with Crippen LogP contribution in [-0.4, -0.2) is 19.1 Å². The van der Waals surface area contributed by atoms with Crippen LogP contribution < -0.4 is 9.47 Å². The first-order valence-electron chi connectivity index (χ1n) is 9.10. The van der Waals surface area contributed by atoms with Crippen molar-refractivity contribution in [2.75, 3.05) is 13.2 Å². The number of aryl methyl sites for hydroxylation is 1. The van der Waals surface area contributed by atoms with Crippen LogP contribution in [0.15, 0.2) is 30.3 Å². The molecular formula is C21H23F5O2. The Morgan fingerprint density at radius 3 is 2.36 bits per heavy atom. The summed E-state index contributed by atoms with van der Waals surface area (Å²) in [6.45, 7) is 2.65. The standard InChI is InChI=1S/C21H23F5O2/c1-3-4-5-10-27-16-8-9-18(17(22)11-16)28-13-21(25,26)12-15-7-6-14(2)19(23)20(15)24/h6-9,11H,3-5,10,12-13H2,1-2H3. The Bertz CT molecular complexity index is 793. The lowest BCUT2D eigenvalue weighted by Gasteiger charge is -2.18. The van der Waals surface area contributed by atoms with Crippen LogP contribution in [0, 0.1) is 24.4 Å². The van der Waals surface area contributed by atoms with Gasteiger partial charge < -0.3 is 9.47 Å². The molecule has 0 bridgehead atoms. The van der Waals surface area contributed by atoms with Gasteiger partial charge in [-0.25, -0.2) is 22.0 Å². The van der Waals surface area contributed by atoms with Crippen molar-refractivity contribution in [2.45, 2.75) is 45.5 Å². The first-order chi connectivity index (χ1) is 13.2. The Kier molecular flexibility index (Phi) is 7.66. The van der Waals surface area contributed by atoms with E-state index in [1.54, 1.807) is 0 Å². The topological polar surface area (TPSA) is 18.5 Å². The van der Waals surface area contributed by atoms with Gasteiger partial charge in [0.15, 0.2) is 29.8 Å². The van der Waals surface area contributed by atoms with Crippen LogP contribution in [0.4, 0.5) is 22.0 Å². The highest BCUT2D eigenvalue weighted by molar-refractivity contribution is 5.33. The van der Waals surface area contributed by atoms with Crippen LogP contribution in [-0.2, 0) is 6.42 Å². The van der Waals surface area contributed by atoms with Crippen LogP contribution >= 0.6 is 0 Å². The number of hydrogen-bond donors (Lipinski definition) is 0. The van der Waals surface area contributed by atoms with Gasteiger partial charge in [0, 0.05) is 12.5 Å². The monoisotopic (exact) mass is 402 g/mol. The van der Waals surface area contributed by atoms with Crippen LogP contribution in [0.1, 0.15) is 37.3 Å². The van der Waals surface area contributed by atoms with Crippen molar-refractivity contribution in [3.8, 4) is 11.5 Å². The molecule has 0 spiro atoms. The number of unbranched alkanes of at least 4 members (excludes halogenated alkanes) is 2. The second kappa shape index (κ2) is 9.75. The predicted molar refractivity (Wildman–Crippen MR) is 96.7 cm³/mol. The van der Waals surface area contributed by atoms with Crippen LogP contribution in [0.3, 0.4) is 0 Å². The quantitative estimate of drug-likeness (QED) is 0.346. The van der Waals surface area contributed by atoms with Crippen LogP contribution in [0.5, 0.6) is 11.5 Å². The first kappa shape index (κ1) is 22.0. The van der Waals surface area contributed by atoms with Gasteiger partial charge in [-0.3, -0.25) is 0 Å². The lowest BCUT2D eigenvalue weighted by Crippen LogP contribution is -2.29. The molecule has 0 aliphatic heterocycles. The molecule has 28 heavy (non-hydrogen) atoms. The summed E-state index contributed by atoms with van der Waals surface area (Å²) in [6, 6.07) is 6.02. The zero-order valence-electron chi connectivity index (χ0n) is 15.8. The maximum absolute atomic E-state index is 14.1. The summed E-state index contributed by atoms with van der Waals surface area (Å²) in [4.78, 5) is 0. The highest BCUT2D eigenvalue weighted by Gasteiger charge is 2.33. The van der Waals surface area contributed by atoms with E-state index in [2.05, 4.69) is 0 Å². The molecule has 7 heteroatoms. The molecule has 0 fully saturated rings. The smallest absolute Gasteiger partial charge is 0.285 e. The molecule has 0 aliphatic carbocycles. The zero-order chi connectivity index (χ0) is 20.7. The molecule has 0 atom stereocenters. The van der Waals surface area contributed by atoms with Crippen molar-refractivity contribution >= 4 is 0 Å². The minimum atomic E-state index is -3.51. The molecule has 0 amide bonds. The van der Waals surface area contributed by atoms with Crippen molar-refractivity contribution in [2.24, 2.45) is 0 Å². The summed E-state index contributed by atoms with van der Waals surface area (Å²) in [6.07, 6.45) is 1.79. The minimum absolute atomic E-state index is 0.0277. The SMILES string of the molecule is CCCCCOc1ccc(OCC(F)(F)Cc2ccc(C)c(F)c2F)c(F)c1. The van der Waals surface area contributed by atoms with Gasteiger partial charge in [0.2, 0.25) is 0 Å². The van der Waals surface area contributed by atoms with Gasteiger partial charge in [0.05, 0.1) is 6.61 Å². The van der Waals surface area contributed by atoms with Crippen molar-refractivity contribution in [3.63, 3.8) is 0 Å². The normalized spacial score (nSPS) is 11.5. The van der Waals surface area contributed by atoms with Crippen molar-refractivity contribution in [3.05, 3.63) is 58.9 Å². The van der Waals surface area contributed by atoms with E-state index in [1.807, 2.05) is 6.92 Å². The molecule has 2 rings (SSSR count). The second-order valence-electron chi connectivity index (χ2n) is 6.64. The van der Waals surface area contributed by atoms with Gasteiger partial charge in [0.1, 0.15) is 5.75 Å². The van der Waals surface area contributed by atoms with Gasteiger partial charge in [-0.1, -0.05) is 31.9 Å². The zero-order valence-corrected chi connectivity index (χ0v) is 15.8. The summed E-state index contributed by atoms with van der Waals surface area (Å²) < 4.78 is 79.8. The van der Waals surface area contributed by atoms with Crippen molar-refractivity contribution < 1.29 is 31.4 Å². The molecule has 0 N–H and O–H groups in total. The minimum Gasteiger partial charge on any atom is -0.493 e. The molecule has 0 radical (unpaired) electrons. The summed E-state index contributed by atoms with van der Waals surface area (Å²) in [7, 11) is 0. The Morgan fingerprint density at radius 1 is 0.929 bits per heavy atom. The van der Waals surface area contributed by atoms with E-state index >= 15 is 0 Å². The fraction of sp³-hybridized carbons (Fsp3) is 0.429. The number of alkyl halides is 2. The van der Waals surface area contributed by atoms with Crippen LogP contribution in [0.25, 0.3) is 0 Å². The molecule has 2 nitrogen and oxygen atoms in total. The third-order valence-electron chi connectivity index (χ3n) is 4.16. The van der Waals surface area contributed by atoms with Crippen molar-refractivity contribution in [1.82, 2.24) is 0 Å². The molecule has 0 heterocycles. The number of ether oxygens (including phenoxy) is 2. The van der Waals surface area contributed by atoms with E-state index in [0.717, 1.165) is 31.4 Å². The molecule has 0 unspecified atom stereocenters. The van der Waals surface area contributed by atoms with E-state index in [1.165, 1.54) is 25.1 Å². The molecule has 0 saturated heterocycles. The summed E-state index contributed by atoms with van der Waals surface area (Å²) >= 11 is 0. The van der Waals surface area contributed by atoms with Gasteiger partial charge in [-0.15, -0.1) is 0 Å². The lowest BCUT2D eigenvalue weighted by atomic mass is 10.0. The Balaban J connectivity index is 1.95. The number of benzene rings is 2. The molecular weight excluding hydrogens is 379 g/mol. The second-order valence-corrected chi connectivity index (χ2v) is 6.64. The van der Waals surface area contributed by atoms with E-state index < -0.39 is 42.0 Å². The summed E-state index contributed by atoms with van der Waals surface area (Å²) in [5.74, 6) is -6.90. The Labute approximate surface area is 161 Å². The lowest BCUT2D eigenvalue weighted by molar-refractivity contribution is -0.0415. The Morgan fingerprint density at radius 2 is 1.68 bits per heavy atom. The summed E-state index contributed by atoms with van der Waals surface area (Å²) in [5, 5.41) is 0. The number of halogens is 5. The van der Waals surface area contributed by atoms with E-state index in [4.69, 9.17) is 9.47 Å². The average Bonchev–Trinajstić information content (AvgIpc) is 2.65. The maximum Gasteiger partial charge on any atom is 0.285 e. The van der Waals surface area contributed by atoms with Crippen molar-refractivity contribution in [1.29, 1.82) is 0 Å².